The number of aliphatic hydroxyl groups excluding tert-OH is 1. The first-order valence-corrected chi connectivity index (χ1v) is 6.93. The molecule has 2 aromatic carbocycles. The molecular weight excluding hydrogens is 300 g/mol. The minimum atomic E-state index is -0.956. The maximum absolute atomic E-state index is 11.8. The molecule has 7 nitrogen and oxygen atoms in total. The summed E-state index contributed by atoms with van der Waals surface area (Å²) in [6.07, 6.45) is 0.303. The number of benzene rings is 2. The van der Waals surface area contributed by atoms with Crippen molar-refractivity contribution in [3.05, 3.63) is 75.5 Å². The number of hydrogen-bond donors (Lipinski definition) is 1. The maximum atomic E-state index is 11.8. The molecule has 1 atom stereocenters. The molecule has 0 fully saturated rings. The Morgan fingerprint density at radius 1 is 1.09 bits per heavy atom. The van der Waals surface area contributed by atoms with Gasteiger partial charge in [-0.15, -0.1) is 0 Å². The van der Waals surface area contributed by atoms with Crippen LogP contribution in [0.3, 0.4) is 0 Å². The lowest BCUT2D eigenvalue weighted by Crippen LogP contribution is -2.27. The summed E-state index contributed by atoms with van der Waals surface area (Å²) in [4.78, 5) is 10.0. The van der Waals surface area contributed by atoms with Gasteiger partial charge in [-0.1, -0.05) is 18.2 Å². The van der Waals surface area contributed by atoms with Crippen LogP contribution in [0.25, 0.3) is 0 Å². The number of ether oxygens (including phenoxy) is 1. The quantitative estimate of drug-likeness (QED) is 0.277. The van der Waals surface area contributed by atoms with Crippen molar-refractivity contribution in [2.24, 2.45) is 0 Å². The summed E-state index contributed by atoms with van der Waals surface area (Å²) in [6.45, 7) is -0.166. The molecule has 0 bridgehead atoms. The summed E-state index contributed by atoms with van der Waals surface area (Å²) in [5.41, 5.74) is 0.470. The fourth-order valence-corrected chi connectivity index (χ4v) is 1.87. The minimum Gasteiger partial charge on any atom is -0.624 e. The fourth-order valence-electron chi connectivity index (χ4n) is 1.87. The normalized spacial score (nSPS) is 12.7. The van der Waals surface area contributed by atoms with E-state index in [2.05, 4.69) is 0 Å². The molecule has 2 rings (SSSR count). The van der Waals surface area contributed by atoms with E-state index in [0.29, 0.717) is 16.1 Å². The average molecular weight is 316 g/mol. The van der Waals surface area contributed by atoms with Crippen LogP contribution in [0.5, 0.6) is 5.75 Å². The first kappa shape index (κ1) is 16.4. The summed E-state index contributed by atoms with van der Waals surface area (Å²) < 4.78 is 5.93. The van der Waals surface area contributed by atoms with Crippen molar-refractivity contribution in [1.82, 2.24) is 0 Å². The van der Waals surface area contributed by atoms with Gasteiger partial charge < -0.3 is 15.1 Å². The van der Waals surface area contributed by atoms with Gasteiger partial charge in [0.05, 0.1) is 4.92 Å². The molecule has 0 aromatic heterocycles. The van der Waals surface area contributed by atoms with Crippen molar-refractivity contribution in [2.45, 2.75) is 6.10 Å². The van der Waals surface area contributed by atoms with Gasteiger partial charge in [0, 0.05) is 17.7 Å². The van der Waals surface area contributed by atoms with Crippen molar-refractivity contribution in [3.8, 4) is 5.75 Å². The van der Waals surface area contributed by atoms with Gasteiger partial charge in [0.15, 0.2) is 12.8 Å². The lowest BCUT2D eigenvalue weighted by Gasteiger charge is -2.12. The summed E-state index contributed by atoms with van der Waals surface area (Å²) in [7, 11) is 0. The summed E-state index contributed by atoms with van der Waals surface area (Å²) in [5, 5.41) is 32.1. The van der Waals surface area contributed by atoms with E-state index in [1.165, 1.54) is 30.5 Å². The van der Waals surface area contributed by atoms with Crippen LogP contribution in [0.2, 0.25) is 0 Å². The monoisotopic (exact) mass is 316 g/mol. The number of rotatable bonds is 7. The number of aliphatic hydroxyl groups is 1. The molecule has 0 amide bonds. The molecule has 7 heteroatoms. The second-order valence-corrected chi connectivity index (χ2v) is 4.86. The van der Waals surface area contributed by atoms with Gasteiger partial charge in [-0.3, -0.25) is 10.1 Å². The topological polar surface area (TPSA) is 98.7 Å². The van der Waals surface area contributed by atoms with Gasteiger partial charge in [-0.25, -0.2) is 4.74 Å². The van der Waals surface area contributed by atoms with Gasteiger partial charge >= 0.3 is 0 Å². The Kier molecular flexibility index (Phi) is 5.65. The Hall–Kier alpha value is -2.93. The Morgan fingerprint density at radius 3 is 2.35 bits per heavy atom. The van der Waals surface area contributed by atoms with Crippen LogP contribution < -0.4 is 4.74 Å². The highest BCUT2D eigenvalue weighted by molar-refractivity contribution is 5.76. The Morgan fingerprint density at radius 2 is 1.74 bits per heavy atom. The second kappa shape index (κ2) is 7.90. The number of non-ortho nitro benzene ring substituents is 1. The lowest BCUT2D eigenvalue weighted by atomic mass is 10.2. The van der Waals surface area contributed by atoms with E-state index in [9.17, 15) is 20.4 Å². The zero-order valence-electron chi connectivity index (χ0n) is 12.2. The molecule has 1 N–H and O–H groups in total. The van der Waals surface area contributed by atoms with Gasteiger partial charge in [0.1, 0.15) is 18.5 Å². The van der Waals surface area contributed by atoms with E-state index in [1.54, 1.807) is 12.1 Å². The number of hydrogen-bond acceptors (Lipinski definition) is 5. The molecule has 120 valence electrons. The van der Waals surface area contributed by atoms with Crippen molar-refractivity contribution in [2.75, 3.05) is 13.2 Å². The molecule has 2 aromatic rings. The van der Waals surface area contributed by atoms with Crippen molar-refractivity contribution < 1.29 is 19.5 Å². The van der Waals surface area contributed by atoms with E-state index < -0.39 is 11.0 Å². The van der Waals surface area contributed by atoms with Crippen LogP contribution in [0.15, 0.2) is 54.6 Å². The average Bonchev–Trinajstić information content (AvgIpc) is 2.54. The molecule has 0 aliphatic heterocycles. The first-order chi connectivity index (χ1) is 11.0. The predicted molar refractivity (Wildman–Crippen MR) is 84.7 cm³/mol. The van der Waals surface area contributed by atoms with Crippen molar-refractivity contribution in [1.29, 1.82) is 0 Å². The minimum absolute atomic E-state index is 0.00312. The highest BCUT2D eigenvalue weighted by Gasteiger charge is 2.11. The summed E-state index contributed by atoms with van der Waals surface area (Å²) in [5.74, 6) is 0.614. The SMILES string of the molecule is O=[N+]([O-])c1ccc(/C=[N+](/[O-])CC(O)COc2ccccc2)cc1. The van der Waals surface area contributed by atoms with E-state index in [0.717, 1.165) is 0 Å². The number of nitrogens with zero attached hydrogens (tertiary/aromatic N) is 2. The van der Waals surface area contributed by atoms with E-state index in [4.69, 9.17) is 4.74 Å². The molecule has 0 aliphatic rings. The molecule has 0 saturated carbocycles. The Bertz CT molecular complexity index is 671. The second-order valence-electron chi connectivity index (χ2n) is 4.86. The molecule has 1 unspecified atom stereocenters. The standard InChI is InChI=1S/C16H16N2O5/c19-15(12-23-16-4-2-1-3-5-16)11-17(20)10-13-6-8-14(9-7-13)18(21)22/h1-10,15,19H,11-12H2/b17-10+. The number of nitro groups is 1. The van der Waals surface area contributed by atoms with Gasteiger partial charge in [-0.2, -0.15) is 0 Å². The fraction of sp³-hybridized carbons (Fsp3) is 0.188. The summed E-state index contributed by atoms with van der Waals surface area (Å²) in [6, 6.07) is 14.5. The Labute approximate surface area is 132 Å². The molecule has 23 heavy (non-hydrogen) atoms. The van der Waals surface area contributed by atoms with Gasteiger partial charge in [-0.05, 0) is 24.3 Å². The molecule has 0 spiro atoms. The summed E-state index contributed by atoms with van der Waals surface area (Å²) >= 11 is 0. The molecule has 0 saturated heterocycles. The third-order valence-electron chi connectivity index (χ3n) is 2.97. The highest BCUT2D eigenvalue weighted by atomic mass is 16.6. The molecule has 0 radical (unpaired) electrons. The molecular formula is C16H16N2O5. The lowest BCUT2D eigenvalue weighted by molar-refractivity contribution is -0.464. The first-order valence-electron chi connectivity index (χ1n) is 6.93. The van der Waals surface area contributed by atoms with Crippen molar-refractivity contribution >= 4 is 11.9 Å². The molecule has 0 heterocycles. The van der Waals surface area contributed by atoms with Crippen LogP contribution in [-0.4, -0.2) is 40.2 Å². The van der Waals surface area contributed by atoms with E-state index in [-0.39, 0.29) is 18.8 Å². The maximum Gasteiger partial charge on any atom is 0.269 e. The van der Waals surface area contributed by atoms with Gasteiger partial charge in [0.2, 0.25) is 0 Å². The number of hydroxylamine groups is 1. The van der Waals surface area contributed by atoms with E-state index >= 15 is 0 Å². The number of para-hydroxylation sites is 1. The van der Waals surface area contributed by atoms with Crippen LogP contribution in [-0.2, 0) is 0 Å². The third-order valence-corrected chi connectivity index (χ3v) is 2.97. The number of nitro benzene ring substituents is 1. The highest BCUT2D eigenvalue weighted by Crippen LogP contribution is 2.11. The smallest absolute Gasteiger partial charge is 0.269 e. The largest absolute Gasteiger partial charge is 0.624 e. The van der Waals surface area contributed by atoms with Crippen LogP contribution in [0.4, 0.5) is 5.69 Å². The molecule has 0 aliphatic carbocycles. The van der Waals surface area contributed by atoms with Gasteiger partial charge in [0.25, 0.3) is 5.69 Å². The van der Waals surface area contributed by atoms with Crippen LogP contribution in [0.1, 0.15) is 5.56 Å². The van der Waals surface area contributed by atoms with Crippen molar-refractivity contribution in [3.63, 3.8) is 0 Å². The van der Waals surface area contributed by atoms with Crippen LogP contribution in [0, 0.1) is 15.3 Å². The van der Waals surface area contributed by atoms with E-state index in [1.807, 2.05) is 18.2 Å². The third kappa shape index (κ3) is 5.40. The zero-order valence-corrected chi connectivity index (χ0v) is 12.2. The van der Waals surface area contributed by atoms with Crippen LogP contribution >= 0.6 is 0 Å². The Balaban J connectivity index is 1.87. The predicted octanol–water partition coefficient (Wildman–Crippen LogP) is 1.96. The zero-order chi connectivity index (χ0) is 16.7.